The van der Waals surface area contributed by atoms with Crippen molar-refractivity contribution in [3.8, 4) is 5.75 Å². The number of ether oxygens (including phenoxy) is 1. The molecule has 6 nitrogen and oxygen atoms in total. The van der Waals surface area contributed by atoms with E-state index in [1.165, 1.54) is 0 Å². The summed E-state index contributed by atoms with van der Waals surface area (Å²) in [7, 11) is -3.14. The summed E-state index contributed by atoms with van der Waals surface area (Å²) in [4.78, 5) is 12.0. The van der Waals surface area contributed by atoms with Gasteiger partial charge in [-0.15, -0.1) is 0 Å². The number of unbranched alkanes of at least 4 members (excludes halogenated alkanes) is 1. The fourth-order valence-electron chi connectivity index (χ4n) is 2.97. The third-order valence-corrected chi connectivity index (χ3v) is 6.48. The number of rotatable bonds is 10. The molecule has 0 atom stereocenters. The Balaban J connectivity index is 1.62. The second-order valence-corrected chi connectivity index (χ2v) is 8.76. The maximum Gasteiger partial charge on any atom is 0.220 e. The fourth-order valence-corrected chi connectivity index (χ4v) is 4.65. The Hall–Kier alpha value is -1.60. The van der Waals surface area contributed by atoms with Gasteiger partial charge in [0.25, 0.3) is 0 Å². The van der Waals surface area contributed by atoms with Gasteiger partial charge in [0.05, 0.1) is 12.4 Å². The number of hydrogen-bond acceptors (Lipinski definition) is 4. The van der Waals surface area contributed by atoms with Crippen LogP contribution in [0, 0.1) is 0 Å². The van der Waals surface area contributed by atoms with Gasteiger partial charge in [0.15, 0.2) is 0 Å². The van der Waals surface area contributed by atoms with Crippen molar-refractivity contribution in [2.75, 3.05) is 25.4 Å². The van der Waals surface area contributed by atoms with Crippen molar-refractivity contribution >= 4 is 15.9 Å². The number of sulfonamides is 1. The predicted molar refractivity (Wildman–Crippen MR) is 103 cm³/mol. The molecular weight excluding hydrogens is 352 g/mol. The highest BCUT2D eigenvalue weighted by atomic mass is 32.2. The molecule has 26 heavy (non-hydrogen) atoms. The summed E-state index contributed by atoms with van der Waals surface area (Å²) in [6.07, 6.45) is 4.01. The average Bonchev–Trinajstić information content (AvgIpc) is 2.65. The number of amides is 1. The molecule has 0 radical (unpaired) electrons. The number of carbonyl (C=O) groups is 1. The molecule has 1 aliphatic rings. The van der Waals surface area contributed by atoms with Crippen molar-refractivity contribution in [1.29, 1.82) is 0 Å². The number of piperidine rings is 1. The lowest BCUT2D eigenvalue weighted by Crippen LogP contribution is -2.47. The van der Waals surface area contributed by atoms with Gasteiger partial charge < -0.3 is 10.1 Å². The standard InChI is InChI=1S/C19H30N2O4S/c1-2-3-16-26(23,24)21-13-11-17(12-14-21)20-19(22)10-7-15-25-18-8-5-4-6-9-18/h4-6,8-9,17H,2-3,7,10-16H2,1H3,(H,20,22). The first-order chi connectivity index (χ1) is 12.5. The Labute approximate surface area is 157 Å². The van der Waals surface area contributed by atoms with Crippen molar-refractivity contribution in [2.24, 2.45) is 0 Å². The molecule has 0 unspecified atom stereocenters. The van der Waals surface area contributed by atoms with E-state index in [4.69, 9.17) is 4.74 Å². The molecule has 0 spiro atoms. The van der Waals surface area contributed by atoms with Gasteiger partial charge in [-0.2, -0.15) is 0 Å². The van der Waals surface area contributed by atoms with Gasteiger partial charge in [-0.3, -0.25) is 4.79 Å². The van der Waals surface area contributed by atoms with E-state index in [1.807, 2.05) is 37.3 Å². The molecule has 0 bridgehead atoms. The molecule has 1 fully saturated rings. The zero-order valence-electron chi connectivity index (χ0n) is 15.5. The largest absolute Gasteiger partial charge is 0.494 e. The molecule has 1 aliphatic heterocycles. The predicted octanol–water partition coefficient (Wildman–Crippen LogP) is 2.56. The Morgan fingerprint density at radius 2 is 1.88 bits per heavy atom. The molecule has 1 saturated heterocycles. The minimum absolute atomic E-state index is 0.00829. The average molecular weight is 383 g/mol. The highest BCUT2D eigenvalue weighted by molar-refractivity contribution is 7.89. The van der Waals surface area contributed by atoms with Crippen LogP contribution in [0.2, 0.25) is 0 Å². The summed E-state index contributed by atoms with van der Waals surface area (Å²) in [6.45, 7) is 3.48. The Bertz CT molecular complexity index is 641. The van der Waals surface area contributed by atoms with Crippen LogP contribution in [0.15, 0.2) is 30.3 Å². The van der Waals surface area contributed by atoms with Gasteiger partial charge in [-0.25, -0.2) is 12.7 Å². The Kier molecular flexibility index (Phi) is 8.38. The minimum atomic E-state index is -3.14. The molecular formula is C19H30N2O4S. The van der Waals surface area contributed by atoms with Crippen molar-refractivity contribution < 1.29 is 17.9 Å². The van der Waals surface area contributed by atoms with Crippen LogP contribution in [0.5, 0.6) is 5.75 Å². The van der Waals surface area contributed by atoms with Crippen LogP contribution < -0.4 is 10.1 Å². The van der Waals surface area contributed by atoms with Crippen LogP contribution in [0.3, 0.4) is 0 Å². The lowest BCUT2D eigenvalue weighted by molar-refractivity contribution is -0.122. The van der Waals surface area contributed by atoms with Crippen LogP contribution in [0.1, 0.15) is 45.4 Å². The van der Waals surface area contributed by atoms with Crippen molar-refractivity contribution in [3.63, 3.8) is 0 Å². The van der Waals surface area contributed by atoms with E-state index >= 15 is 0 Å². The molecule has 1 amide bonds. The molecule has 1 heterocycles. The van der Waals surface area contributed by atoms with E-state index in [2.05, 4.69) is 5.32 Å². The van der Waals surface area contributed by atoms with Gasteiger partial charge in [0, 0.05) is 25.6 Å². The number of benzene rings is 1. The van der Waals surface area contributed by atoms with E-state index in [9.17, 15) is 13.2 Å². The van der Waals surface area contributed by atoms with Gasteiger partial charge in [0.2, 0.25) is 15.9 Å². The summed E-state index contributed by atoms with van der Waals surface area (Å²) in [5, 5.41) is 3.02. The third kappa shape index (κ3) is 6.96. The maximum atomic E-state index is 12.2. The van der Waals surface area contributed by atoms with Gasteiger partial charge >= 0.3 is 0 Å². The molecule has 7 heteroatoms. The number of carbonyl (C=O) groups excluding carboxylic acids is 1. The van der Waals surface area contributed by atoms with E-state index in [1.54, 1.807) is 4.31 Å². The second-order valence-electron chi connectivity index (χ2n) is 6.68. The summed E-state index contributed by atoms with van der Waals surface area (Å²) in [6, 6.07) is 9.61. The minimum Gasteiger partial charge on any atom is -0.494 e. The second kappa shape index (κ2) is 10.5. The van der Waals surface area contributed by atoms with Gasteiger partial charge in [0.1, 0.15) is 5.75 Å². The Morgan fingerprint density at radius 1 is 1.19 bits per heavy atom. The van der Waals surface area contributed by atoms with E-state index in [0.717, 1.165) is 12.2 Å². The summed E-state index contributed by atoms with van der Waals surface area (Å²) in [5.41, 5.74) is 0. The lowest BCUT2D eigenvalue weighted by Gasteiger charge is -2.31. The molecule has 1 N–H and O–H groups in total. The van der Waals surface area contributed by atoms with Crippen molar-refractivity contribution in [3.05, 3.63) is 30.3 Å². The topological polar surface area (TPSA) is 75.7 Å². The number of nitrogens with one attached hydrogen (secondary N) is 1. The monoisotopic (exact) mass is 382 g/mol. The highest BCUT2D eigenvalue weighted by Crippen LogP contribution is 2.16. The first-order valence-corrected chi connectivity index (χ1v) is 11.1. The van der Waals surface area contributed by atoms with Crippen molar-refractivity contribution in [2.45, 2.75) is 51.5 Å². The van der Waals surface area contributed by atoms with Crippen LogP contribution in [0.4, 0.5) is 0 Å². The molecule has 0 aliphatic carbocycles. The number of hydrogen-bond donors (Lipinski definition) is 1. The fraction of sp³-hybridized carbons (Fsp3) is 0.632. The zero-order valence-corrected chi connectivity index (χ0v) is 16.3. The van der Waals surface area contributed by atoms with Gasteiger partial charge in [-0.05, 0) is 37.8 Å². The van der Waals surface area contributed by atoms with Crippen LogP contribution in [-0.4, -0.2) is 50.1 Å². The van der Waals surface area contributed by atoms with E-state index < -0.39 is 10.0 Å². The van der Waals surface area contributed by atoms with Crippen LogP contribution in [-0.2, 0) is 14.8 Å². The summed E-state index contributed by atoms with van der Waals surface area (Å²) >= 11 is 0. The molecule has 146 valence electrons. The molecule has 1 aromatic carbocycles. The molecule has 0 saturated carbocycles. The van der Waals surface area contributed by atoms with Crippen LogP contribution >= 0.6 is 0 Å². The smallest absolute Gasteiger partial charge is 0.220 e. The van der Waals surface area contributed by atoms with Gasteiger partial charge in [-0.1, -0.05) is 31.5 Å². The quantitative estimate of drug-likeness (QED) is 0.631. The molecule has 0 aromatic heterocycles. The SMILES string of the molecule is CCCCS(=O)(=O)N1CCC(NC(=O)CCCOc2ccccc2)CC1. The molecule has 2 rings (SSSR count). The van der Waals surface area contributed by atoms with E-state index in [-0.39, 0.29) is 17.7 Å². The number of para-hydroxylation sites is 1. The molecule has 1 aromatic rings. The summed E-state index contributed by atoms with van der Waals surface area (Å²) in [5.74, 6) is 1.04. The van der Waals surface area contributed by atoms with E-state index in [0.29, 0.717) is 51.8 Å². The zero-order chi connectivity index (χ0) is 18.8. The first kappa shape index (κ1) is 20.7. The highest BCUT2D eigenvalue weighted by Gasteiger charge is 2.27. The normalized spacial score (nSPS) is 16.3. The first-order valence-electron chi connectivity index (χ1n) is 9.46. The third-order valence-electron chi connectivity index (χ3n) is 4.53. The van der Waals surface area contributed by atoms with Crippen LogP contribution in [0.25, 0.3) is 0 Å². The lowest BCUT2D eigenvalue weighted by atomic mass is 10.1. The number of nitrogens with zero attached hydrogens (tertiary/aromatic N) is 1. The van der Waals surface area contributed by atoms with Crippen molar-refractivity contribution in [1.82, 2.24) is 9.62 Å². The summed E-state index contributed by atoms with van der Waals surface area (Å²) < 4.78 is 31.5. The Morgan fingerprint density at radius 3 is 2.54 bits per heavy atom. The maximum absolute atomic E-state index is 12.2.